The number of benzene rings is 2. The number of nitro groups is 1. The second-order valence-electron chi connectivity index (χ2n) is 4.56. The van der Waals surface area contributed by atoms with Crippen molar-refractivity contribution in [2.45, 2.75) is 0 Å². The fourth-order valence-corrected chi connectivity index (χ4v) is 2.08. The molecule has 0 radical (unpaired) electrons. The molecule has 0 aromatic heterocycles. The number of halogens is 1. The number of esters is 1. The molecule has 2 aromatic rings. The highest BCUT2D eigenvalue weighted by molar-refractivity contribution is 6.32. The Bertz CT molecular complexity index is 749. The van der Waals surface area contributed by atoms with Crippen LogP contribution in [0.2, 0.25) is 5.02 Å². The number of nitro benzene ring substituents is 1. The molecule has 126 valence electrons. The first-order chi connectivity index (χ1) is 11.5. The van der Waals surface area contributed by atoms with Crippen LogP contribution >= 0.6 is 11.6 Å². The van der Waals surface area contributed by atoms with E-state index < -0.39 is 10.9 Å². The normalized spacial score (nSPS) is 10.1. The molecule has 0 saturated carbocycles. The predicted octanol–water partition coefficient (Wildman–Crippen LogP) is 3.49. The van der Waals surface area contributed by atoms with Crippen molar-refractivity contribution in [2.24, 2.45) is 0 Å². The number of hydrogen-bond acceptors (Lipinski definition) is 6. The lowest BCUT2D eigenvalue weighted by Gasteiger charge is -2.09. The molecule has 2 aromatic carbocycles. The van der Waals surface area contributed by atoms with Crippen molar-refractivity contribution in [3.8, 4) is 11.5 Å². The minimum atomic E-state index is -0.691. The molecule has 7 nitrogen and oxygen atoms in total. The molecule has 0 spiro atoms. The van der Waals surface area contributed by atoms with Gasteiger partial charge in [0.25, 0.3) is 0 Å². The van der Waals surface area contributed by atoms with Crippen molar-refractivity contribution in [3.63, 3.8) is 0 Å². The van der Waals surface area contributed by atoms with E-state index >= 15 is 0 Å². The molecule has 0 aliphatic rings. The fourth-order valence-electron chi connectivity index (χ4n) is 1.89. The van der Waals surface area contributed by atoms with Crippen molar-refractivity contribution in [1.29, 1.82) is 0 Å². The lowest BCUT2D eigenvalue weighted by molar-refractivity contribution is -0.385. The molecule has 0 bridgehead atoms. The van der Waals surface area contributed by atoms with Gasteiger partial charge in [-0.05, 0) is 24.3 Å². The maximum atomic E-state index is 11.9. The van der Waals surface area contributed by atoms with Crippen molar-refractivity contribution in [3.05, 3.63) is 63.2 Å². The van der Waals surface area contributed by atoms with Crippen LogP contribution in [-0.4, -0.2) is 31.2 Å². The monoisotopic (exact) mass is 351 g/mol. The SMILES string of the molecule is COc1ccc(C(=O)OCCOc2ccccc2Cl)cc1[N+](=O)[O-]. The van der Waals surface area contributed by atoms with Gasteiger partial charge in [0.05, 0.1) is 22.6 Å². The lowest BCUT2D eigenvalue weighted by atomic mass is 10.2. The Kier molecular flexibility index (Phi) is 5.97. The van der Waals surface area contributed by atoms with Gasteiger partial charge in [-0.3, -0.25) is 10.1 Å². The summed E-state index contributed by atoms with van der Waals surface area (Å²) in [6, 6.07) is 10.8. The van der Waals surface area contributed by atoms with Gasteiger partial charge in [-0.1, -0.05) is 23.7 Å². The molecule has 0 unspecified atom stereocenters. The molecule has 0 aliphatic carbocycles. The average molecular weight is 352 g/mol. The van der Waals surface area contributed by atoms with Gasteiger partial charge < -0.3 is 14.2 Å². The Morgan fingerprint density at radius 1 is 1.17 bits per heavy atom. The van der Waals surface area contributed by atoms with Crippen LogP contribution < -0.4 is 9.47 Å². The molecule has 0 N–H and O–H groups in total. The Hall–Kier alpha value is -2.80. The summed E-state index contributed by atoms with van der Waals surface area (Å²) < 4.78 is 15.3. The first-order valence-electron chi connectivity index (χ1n) is 6.90. The van der Waals surface area contributed by atoms with Crippen molar-refractivity contribution >= 4 is 23.3 Å². The number of para-hydroxylation sites is 1. The molecule has 8 heteroatoms. The number of rotatable bonds is 7. The lowest BCUT2D eigenvalue weighted by Crippen LogP contribution is -2.12. The summed E-state index contributed by atoms with van der Waals surface area (Å²) in [5, 5.41) is 11.4. The Balaban J connectivity index is 1.92. The molecular formula is C16H14ClNO6. The van der Waals surface area contributed by atoms with Gasteiger partial charge in [0, 0.05) is 6.07 Å². The summed E-state index contributed by atoms with van der Waals surface area (Å²) in [6.07, 6.45) is 0. The molecule has 0 aliphatic heterocycles. The Morgan fingerprint density at radius 3 is 2.58 bits per heavy atom. The van der Waals surface area contributed by atoms with E-state index in [0.717, 1.165) is 6.07 Å². The van der Waals surface area contributed by atoms with E-state index in [1.807, 2.05) is 0 Å². The summed E-state index contributed by atoms with van der Waals surface area (Å²) in [5.41, 5.74) is -0.250. The van der Waals surface area contributed by atoms with E-state index in [4.69, 9.17) is 25.8 Å². The third-order valence-electron chi connectivity index (χ3n) is 3.02. The number of carbonyl (C=O) groups excluding carboxylic acids is 1. The van der Waals surface area contributed by atoms with Crippen LogP contribution in [0.5, 0.6) is 11.5 Å². The van der Waals surface area contributed by atoms with Crippen LogP contribution in [0.15, 0.2) is 42.5 Å². The number of hydrogen-bond donors (Lipinski definition) is 0. The fraction of sp³-hybridized carbons (Fsp3) is 0.188. The third kappa shape index (κ3) is 4.36. The van der Waals surface area contributed by atoms with E-state index in [1.54, 1.807) is 24.3 Å². The second kappa shape index (κ2) is 8.16. The zero-order chi connectivity index (χ0) is 17.5. The number of methoxy groups -OCH3 is 1. The smallest absolute Gasteiger partial charge is 0.338 e. The summed E-state index contributed by atoms with van der Waals surface area (Å²) in [4.78, 5) is 22.2. The topological polar surface area (TPSA) is 87.9 Å². The summed E-state index contributed by atoms with van der Waals surface area (Å²) in [7, 11) is 1.31. The molecule has 2 rings (SSSR count). The number of carbonyl (C=O) groups is 1. The van der Waals surface area contributed by atoms with Gasteiger partial charge in [0.2, 0.25) is 0 Å². The molecule has 0 saturated heterocycles. The number of ether oxygens (including phenoxy) is 3. The van der Waals surface area contributed by atoms with Gasteiger partial charge in [0.15, 0.2) is 5.75 Å². The summed E-state index contributed by atoms with van der Waals surface area (Å²) in [6.45, 7) is 0.0810. The third-order valence-corrected chi connectivity index (χ3v) is 3.33. The minimum absolute atomic E-state index is 0.0239. The number of nitrogens with zero attached hydrogens (tertiary/aromatic N) is 1. The highest BCUT2D eigenvalue weighted by Crippen LogP contribution is 2.27. The van der Waals surface area contributed by atoms with Crippen molar-refractivity contribution in [1.82, 2.24) is 0 Å². The zero-order valence-electron chi connectivity index (χ0n) is 12.7. The molecule has 0 atom stereocenters. The van der Waals surface area contributed by atoms with Gasteiger partial charge in [-0.15, -0.1) is 0 Å². The largest absolute Gasteiger partial charge is 0.490 e. The Labute approximate surface area is 142 Å². The van der Waals surface area contributed by atoms with Crippen LogP contribution in [0, 0.1) is 10.1 Å². The van der Waals surface area contributed by atoms with Gasteiger partial charge in [-0.25, -0.2) is 4.79 Å². The minimum Gasteiger partial charge on any atom is -0.490 e. The van der Waals surface area contributed by atoms with Crippen LogP contribution in [0.25, 0.3) is 0 Å². The maximum Gasteiger partial charge on any atom is 0.338 e. The van der Waals surface area contributed by atoms with Crippen LogP contribution in [0.1, 0.15) is 10.4 Å². The zero-order valence-corrected chi connectivity index (χ0v) is 13.5. The van der Waals surface area contributed by atoms with E-state index in [0.29, 0.717) is 10.8 Å². The summed E-state index contributed by atoms with van der Waals surface area (Å²) >= 11 is 5.93. The van der Waals surface area contributed by atoms with E-state index in [9.17, 15) is 14.9 Å². The highest BCUT2D eigenvalue weighted by atomic mass is 35.5. The molecular weight excluding hydrogens is 338 g/mol. The van der Waals surface area contributed by atoms with Gasteiger partial charge in [0.1, 0.15) is 19.0 Å². The standard InChI is InChI=1S/C16H14ClNO6/c1-22-15-7-6-11(10-13(15)18(20)21)16(19)24-9-8-23-14-5-3-2-4-12(14)17/h2-7,10H,8-9H2,1H3. The quantitative estimate of drug-likeness (QED) is 0.328. The van der Waals surface area contributed by atoms with E-state index in [2.05, 4.69) is 0 Å². The molecule has 0 fully saturated rings. The van der Waals surface area contributed by atoms with Crippen molar-refractivity contribution in [2.75, 3.05) is 20.3 Å². The van der Waals surface area contributed by atoms with Crippen LogP contribution in [0.4, 0.5) is 5.69 Å². The Morgan fingerprint density at radius 2 is 1.92 bits per heavy atom. The van der Waals surface area contributed by atoms with Gasteiger partial charge >= 0.3 is 11.7 Å². The van der Waals surface area contributed by atoms with Crippen LogP contribution in [0.3, 0.4) is 0 Å². The molecule has 24 heavy (non-hydrogen) atoms. The predicted molar refractivity (Wildman–Crippen MR) is 86.9 cm³/mol. The van der Waals surface area contributed by atoms with Crippen LogP contribution in [-0.2, 0) is 4.74 Å². The average Bonchev–Trinajstić information content (AvgIpc) is 2.59. The van der Waals surface area contributed by atoms with Crippen molar-refractivity contribution < 1.29 is 23.9 Å². The first-order valence-corrected chi connectivity index (χ1v) is 7.27. The van der Waals surface area contributed by atoms with E-state index in [1.165, 1.54) is 19.2 Å². The molecule has 0 heterocycles. The highest BCUT2D eigenvalue weighted by Gasteiger charge is 2.18. The summed E-state index contributed by atoms with van der Waals surface area (Å²) in [5.74, 6) is -0.141. The molecule has 0 amide bonds. The first kappa shape index (κ1) is 17.6. The second-order valence-corrected chi connectivity index (χ2v) is 4.97. The maximum absolute atomic E-state index is 11.9. The van der Waals surface area contributed by atoms with E-state index in [-0.39, 0.29) is 30.2 Å². The van der Waals surface area contributed by atoms with Gasteiger partial charge in [-0.2, -0.15) is 0 Å².